The second kappa shape index (κ2) is 7.24. The zero-order valence-electron chi connectivity index (χ0n) is 11.8. The topological polar surface area (TPSA) is 23.6 Å². The molecule has 1 saturated carbocycles. The van der Waals surface area contributed by atoms with Crippen LogP contribution in [0.5, 0.6) is 0 Å². The Hall–Kier alpha value is 0.150. The summed E-state index contributed by atoms with van der Waals surface area (Å²) in [6, 6.07) is 0. The maximum atomic E-state index is 11.5. The smallest absolute Gasteiger partial charge is 0.137 e. The fraction of sp³-hybridized carbons (Fsp3) is 0.750. The highest BCUT2D eigenvalue weighted by molar-refractivity contribution is 8.37. The van der Waals surface area contributed by atoms with Crippen molar-refractivity contribution in [1.82, 2.24) is 9.80 Å². The Morgan fingerprint density at radius 3 is 1.68 bits per heavy atom. The summed E-state index contributed by atoms with van der Waals surface area (Å²) < 4.78 is 1.61. The van der Waals surface area contributed by atoms with Gasteiger partial charge in [0.05, 0.1) is 4.08 Å². The lowest BCUT2D eigenvalue weighted by atomic mass is 9.98. The number of thiocarbonyl (C=S) groups is 2. The van der Waals surface area contributed by atoms with E-state index in [1.807, 2.05) is 38.0 Å². The summed E-state index contributed by atoms with van der Waals surface area (Å²) in [5, 5.41) is 0. The second-order valence-electron chi connectivity index (χ2n) is 4.97. The van der Waals surface area contributed by atoms with Crippen LogP contribution in [0.25, 0.3) is 0 Å². The number of thioether (sulfide) groups is 2. The van der Waals surface area contributed by atoms with Crippen molar-refractivity contribution in [1.29, 1.82) is 0 Å². The van der Waals surface area contributed by atoms with Gasteiger partial charge < -0.3 is 9.80 Å². The highest BCUT2D eigenvalue weighted by Crippen LogP contribution is 2.49. The summed E-state index contributed by atoms with van der Waals surface area (Å²) in [6.07, 6.45) is 2.93. The number of Topliss-reactive ketones (excluding diaryl/α,β-unsaturated/α-hetero) is 1. The summed E-state index contributed by atoms with van der Waals surface area (Å²) >= 11 is 14.2. The van der Waals surface area contributed by atoms with Gasteiger partial charge in [-0.25, -0.2) is 0 Å². The lowest BCUT2D eigenvalue weighted by molar-refractivity contribution is -0.120. The number of hydrogen-bond donors (Lipinski definition) is 0. The minimum Gasteiger partial charge on any atom is -0.364 e. The zero-order valence-corrected chi connectivity index (χ0v) is 15.0. The van der Waals surface area contributed by atoms with Crippen molar-refractivity contribution in [2.24, 2.45) is 0 Å². The molecule has 0 atom stereocenters. The largest absolute Gasteiger partial charge is 0.364 e. The van der Waals surface area contributed by atoms with Crippen LogP contribution in [-0.4, -0.2) is 56.5 Å². The highest BCUT2D eigenvalue weighted by Gasteiger charge is 2.39. The van der Waals surface area contributed by atoms with E-state index in [4.69, 9.17) is 24.4 Å². The molecule has 0 spiro atoms. The molecule has 1 aliphatic carbocycles. The fourth-order valence-electron chi connectivity index (χ4n) is 1.64. The summed E-state index contributed by atoms with van der Waals surface area (Å²) in [7, 11) is 7.80. The molecule has 7 heteroatoms. The molecule has 0 radical (unpaired) electrons. The number of hydrogen-bond acceptors (Lipinski definition) is 5. The maximum Gasteiger partial charge on any atom is 0.137 e. The SMILES string of the molecule is CN(C)C(=S)SC1(SC(=S)N(C)C)CCC(=O)CC1. The standard InChI is InChI=1S/C12H20N2OS4/c1-13(2)10(16)18-12(19-11(17)14(3)4)7-5-9(15)6-8-12/h5-8H2,1-4H3. The minimum absolute atomic E-state index is 0.0867. The van der Waals surface area contributed by atoms with Gasteiger partial charge in [0.25, 0.3) is 0 Å². The molecule has 0 amide bonds. The van der Waals surface area contributed by atoms with Gasteiger partial charge in [-0.15, -0.1) is 0 Å². The Bertz CT molecular complexity index is 348. The quantitative estimate of drug-likeness (QED) is 0.564. The summed E-state index contributed by atoms with van der Waals surface area (Å²) in [4.78, 5) is 15.4. The molecule has 0 bridgehead atoms. The molecule has 0 N–H and O–H groups in total. The van der Waals surface area contributed by atoms with E-state index < -0.39 is 0 Å². The van der Waals surface area contributed by atoms with E-state index in [-0.39, 0.29) is 4.08 Å². The first kappa shape index (κ1) is 17.2. The molecule has 1 rings (SSSR count). The first-order valence-electron chi connectivity index (χ1n) is 6.08. The Morgan fingerprint density at radius 2 is 1.37 bits per heavy atom. The van der Waals surface area contributed by atoms with Crippen molar-refractivity contribution in [2.75, 3.05) is 28.2 Å². The molecule has 3 nitrogen and oxygen atoms in total. The van der Waals surface area contributed by atoms with Gasteiger partial charge in [-0.3, -0.25) is 4.79 Å². The number of carbonyl (C=O) groups excluding carboxylic acids is 1. The van der Waals surface area contributed by atoms with Crippen molar-refractivity contribution < 1.29 is 4.79 Å². The lowest BCUT2D eigenvalue weighted by Gasteiger charge is -2.37. The molecular formula is C12H20N2OS4. The summed E-state index contributed by atoms with van der Waals surface area (Å²) in [5.41, 5.74) is 0. The molecule has 0 aromatic rings. The number of nitrogens with zero attached hydrogens (tertiary/aromatic N) is 2. The molecule has 0 unspecified atom stereocenters. The summed E-state index contributed by atoms with van der Waals surface area (Å²) in [5.74, 6) is 0.350. The summed E-state index contributed by atoms with van der Waals surface area (Å²) in [6.45, 7) is 0. The lowest BCUT2D eigenvalue weighted by Crippen LogP contribution is -2.34. The molecule has 0 heterocycles. The van der Waals surface area contributed by atoms with E-state index in [1.165, 1.54) is 0 Å². The Balaban J connectivity index is 2.81. The van der Waals surface area contributed by atoms with Crippen LogP contribution in [0.4, 0.5) is 0 Å². The Morgan fingerprint density at radius 1 is 1.00 bits per heavy atom. The van der Waals surface area contributed by atoms with E-state index in [0.29, 0.717) is 18.6 Å². The third-order valence-electron chi connectivity index (χ3n) is 2.85. The van der Waals surface area contributed by atoms with Gasteiger partial charge in [0.1, 0.15) is 14.4 Å². The molecule has 0 aromatic heterocycles. The third kappa shape index (κ3) is 5.21. The van der Waals surface area contributed by atoms with Crippen LogP contribution in [-0.2, 0) is 4.79 Å². The predicted octanol–water partition coefficient (Wildman–Crippen LogP) is 2.99. The Kier molecular flexibility index (Phi) is 6.56. The molecule has 0 saturated heterocycles. The average molecular weight is 337 g/mol. The zero-order chi connectivity index (χ0) is 14.6. The number of rotatable bonds is 2. The second-order valence-corrected chi connectivity index (χ2v) is 9.27. The van der Waals surface area contributed by atoms with Crippen LogP contribution >= 0.6 is 48.0 Å². The van der Waals surface area contributed by atoms with E-state index in [2.05, 4.69) is 0 Å². The number of carbonyl (C=O) groups is 1. The van der Waals surface area contributed by atoms with E-state index in [1.54, 1.807) is 23.5 Å². The Labute approximate surface area is 134 Å². The fourth-order valence-corrected chi connectivity index (χ4v) is 5.37. The van der Waals surface area contributed by atoms with Crippen LogP contribution < -0.4 is 0 Å². The first-order valence-corrected chi connectivity index (χ1v) is 8.53. The third-order valence-corrected chi connectivity index (χ3v) is 7.22. The molecule has 0 aromatic carbocycles. The van der Waals surface area contributed by atoms with Crippen LogP contribution in [0, 0.1) is 0 Å². The van der Waals surface area contributed by atoms with Crippen molar-refractivity contribution in [3.05, 3.63) is 0 Å². The molecule has 1 fully saturated rings. The van der Waals surface area contributed by atoms with Crippen molar-refractivity contribution in [3.63, 3.8) is 0 Å². The monoisotopic (exact) mass is 336 g/mol. The molecular weight excluding hydrogens is 316 g/mol. The normalized spacial score (nSPS) is 18.0. The van der Waals surface area contributed by atoms with Crippen LogP contribution in [0.2, 0.25) is 0 Å². The van der Waals surface area contributed by atoms with Gasteiger partial charge in [-0.2, -0.15) is 0 Å². The van der Waals surface area contributed by atoms with Crippen LogP contribution in [0.1, 0.15) is 25.7 Å². The van der Waals surface area contributed by atoms with Crippen molar-refractivity contribution in [2.45, 2.75) is 29.8 Å². The highest BCUT2D eigenvalue weighted by atomic mass is 32.2. The number of ketones is 1. The van der Waals surface area contributed by atoms with Crippen LogP contribution in [0.3, 0.4) is 0 Å². The predicted molar refractivity (Wildman–Crippen MR) is 94.0 cm³/mol. The van der Waals surface area contributed by atoms with Crippen molar-refractivity contribution >= 4 is 62.4 Å². The van der Waals surface area contributed by atoms with Gasteiger partial charge in [-0.1, -0.05) is 48.0 Å². The molecule has 1 aliphatic rings. The van der Waals surface area contributed by atoms with Gasteiger partial charge in [0.2, 0.25) is 0 Å². The molecule has 108 valence electrons. The van der Waals surface area contributed by atoms with E-state index in [9.17, 15) is 4.79 Å². The van der Waals surface area contributed by atoms with Gasteiger partial charge in [-0.05, 0) is 12.8 Å². The first-order chi connectivity index (χ1) is 8.76. The van der Waals surface area contributed by atoms with E-state index in [0.717, 1.165) is 21.5 Å². The molecule has 19 heavy (non-hydrogen) atoms. The van der Waals surface area contributed by atoms with Gasteiger partial charge >= 0.3 is 0 Å². The van der Waals surface area contributed by atoms with Gasteiger partial charge in [0.15, 0.2) is 0 Å². The maximum absolute atomic E-state index is 11.5. The van der Waals surface area contributed by atoms with Gasteiger partial charge in [0, 0.05) is 41.0 Å². The molecule has 0 aliphatic heterocycles. The minimum atomic E-state index is -0.0867. The van der Waals surface area contributed by atoms with E-state index >= 15 is 0 Å². The average Bonchev–Trinajstić information content (AvgIpc) is 2.32. The van der Waals surface area contributed by atoms with Crippen molar-refractivity contribution in [3.8, 4) is 0 Å². The van der Waals surface area contributed by atoms with Crippen LogP contribution in [0.15, 0.2) is 0 Å².